The molecule has 0 radical (unpaired) electrons. The highest BCUT2D eigenvalue weighted by molar-refractivity contribution is 6.01. The van der Waals surface area contributed by atoms with Crippen molar-refractivity contribution in [2.24, 2.45) is 7.05 Å². The summed E-state index contributed by atoms with van der Waals surface area (Å²) in [6, 6.07) is 13.0. The maximum atomic E-state index is 4.93. The van der Waals surface area contributed by atoms with Crippen LogP contribution in [0.2, 0.25) is 0 Å². The average molecular weight is 361 g/mol. The van der Waals surface area contributed by atoms with Crippen molar-refractivity contribution in [2.75, 3.05) is 0 Å². The molecule has 0 bridgehead atoms. The summed E-state index contributed by atoms with van der Waals surface area (Å²) in [5.74, 6) is 1.00. The molecule has 0 spiro atoms. The van der Waals surface area contributed by atoms with Gasteiger partial charge in [0.25, 0.3) is 0 Å². The van der Waals surface area contributed by atoms with Crippen LogP contribution in [0.3, 0.4) is 0 Å². The molecular formula is C23H28N4. The fourth-order valence-electron chi connectivity index (χ4n) is 3.50. The third-order valence-electron chi connectivity index (χ3n) is 5.20. The van der Waals surface area contributed by atoms with Crippen molar-refractivity contribution in [3.8, 4) is 11.3 Å². The van der Waals surface area contributed by atoms with Crippen LogP contribution in [0.15, 0.2) is 36.4 Å². The molecule has 140 valence electrons. The summed E-state index contributed by atoms with van der Waals surface area (Å²) in [5.41, 5.74) is 6.68. The van der Waals surface area contributed by atoms with Crippen LogP contribution in [0.4, 0.5) is 0 Å². The van der Waals surface area contributed by atoms with Crippen molar-refractivity contribution in [1.29, 1.82) is 0 Å². The molecule has 2 aromatic heterocycles. The van der Waals surface area contributed by atoms with E-state index in [1.165, 1.54) is 10.9 Å². The van der Waals surface area contributed by atoms with Gasteiger partial charge < -0.3 is 4.98 Å². The van der Waals surface area contributed by atoms with Gasteiger partial charge in [0.1, 0.15) is 11.5 Å². The SMILES string of the molecule is Cn1nc(-c2cccc3[nH]c(C(C)(C)C)nc23)c2ccc(C(C)(C)C)cc21. The summed E-state index contributed by atoms with van der Waals surface area (Å²) in [5, 5.41) is 6.03. The van der Waals surface area contributed by atoms with Crippen molar-refractivity contribution in [3.05, 3.63) is 47.8 Å². The van der Waals surface area contributed by atoms with Gasteiger partial charge in [-0.15, -0.1) is 0 Å². The van der Waals surface area contributed by atoms with Crippen LogP contribution in [0, 0.1) is 0 Å². The number of para-hydroxylation sites is 1. The zero-order valence-electron chi connectivity index (χ0n) is 17.3. The summed E-state index contributed by atoms with van der Waals surface area (Å²) in [6.07, 6.45) is 0. The van der Waals surface area contributed by atoms with E-state index in [4.69, 9.17) is 10.1 Å². The quantitative estimate of drug-likeness (QED) is 0.472. The van der Waals surface area contributed by atoms with Gasteiger partial charge in [-0.05, 0) is 23.1 Å². The van der Waals surface area contributed by atoms with E-state index in [-0.39, 0.29) is 10.8 Å². The van der Waals surface area contributed by atoms with Crippen molar-refractivity contribution >= 4 is 21.9 Å². The van der Waals surface area contributed by atoms with E-state index >= 15 is 0 Å². The molecule has 0 unspecified atom stereocenters. The molecule has 2 heterocycles. The number of aromatic nitrogens is 4. The van der Waals surface area contributed by atoms with Crippen LogP contribution in [0.5, 0.6) is 0 Å². The van der Waals surface area contributed by atoms with Crippen LogP contribution < -0.4 is 0 Å². The number of hydrogen-bond donors (Lipinski definition) is 1. The average Bonchev–Trinajstić information content (AvgIpc) is 3.15. The van der Waals surface area contributed by atoms with E-state index in [0.29, 0.717) is 0 Å². The Labute approximate surface area is 160 Å². The maximum absolute atomic E-state index is 4.93. The normalized spacial score (nSPS) is 13.0. The number of nitrogens with zero attached hydrogens (tertiary/aromatic N) is 3. The van der Waals surface area contributed by atoms with Crippen molar-refractivity contribution in [1.82, 2.24) is 19.7 Å². The highest BCUT2D eigenvalue weighted by atomic mass is 15.3. The lowest BCUT2D eigenvalue weighted by Gasteiger charge is -2.19. The summed E-state index contributed by atoms with van der Waals surface area (Å²) in [6.45, 7) is 13.2. The topological polar surface area (TPSA) is 46.5 Å². The molecule has 4 heteroatoms. The smallest absolute Gasteiger partial charge is 0.112 e. The highest BCUT2D eigenvalue weighted by Crippen LogP contribution is 2.35. The van der Waals surface area contributed by atoms with Crippen molar-refractivity contribution in [2.45, 2.75) is 52.4 Å². The number of imidazole rings is 1. The minimum absolute atomic E-state index is 0.0237. The van der Waals surface area contributed by atoms with Crippen molar-refractivity contribution in [3.63, 3.8) is 0 Å². The number of H-pyrrole nitrogens is 1. The molecule has 0 aliphatic carbocycles. The molecule has 0 atom stereocenters. The molecule has 1 N–H and O–H groups in total. The van der Waals surface area contributed by atoms with Gasteiger partial charge in [0.2, 0.25) is 0 Å². The van der Waals surface area contributed by atoms with Gasteiger partial charge in [-0.2, -0.15) is 5.10 Å². The molecule has 0 fully saturated rings. The molecule has 0 amide bonds. The first-order chi connectivity index (χ1) is 12.6. The van der Waals surface area contributed by atoms with Gasteiger partial charge >= 0.3 is 0 Å². The van der Waals surface area contributed by atoms with Crippen LogP contribution in [-0.4, -0.2) is 19.7 Å². The van der Waals surface area contributed by atoms with E-state index in [9.17, 15) is 0 Å². The molecule has 27 heavy (non-hydrogen) atoms. The van der Waals surface area contributed by atoms with Gasteiger partial charge in [0.05, 0.1) is 16.6 Å². The maximum Gasteiger partial charge on any atom is 0.112 e. The lowest BCUT2D eigenvalue weighted by Crippen LogP contribution is -2.12. The third-order valence-corrected chi connectivity index (χ3v) is 5.20. The number of hydrogen-bond acceptors (Lipinski definition) is 2. The monoisotopic (exact) mass is 360 g/mol. The van der Waals surface area contributed by atoms with Gasteiger partial charge in [0, 0.05) is 23.4 Å². The first kappa shape index (κ1) is 17.8. The Balaban J connectivity index is 1.96. The predicted molar refractivity (Wildman–Crippen MR) is 113 cm³/mol. The molecule has 2 aromatic carbocycles. The van der Waals surface area contributed by atoms with E-state index in [2.05, 4.69) is 82.9 Å². The van der Waals surface area contributed by atoms with Gasteiger partial charge in [-0.1, -0.05) is 65.8 Å². The largest absolute Gasteiger partial charge is 0.342 e. The lowest BCUT2D eigenvalue weighted by molar-refractivity contribution is 0.554. The molecule has 0 aliphatic heterocycles. The number of nitrogens with one attached hydrogen (secondary N) is 1. The lowest BCUT2D eigenvalue weighted by atomic mass is 9.86. The second-order valence-corrected chi connectivity index (χ2v) is 9.49. The Bertz CT molecular complexity index is 1150. The van der Waals surface area contributed by atoms with Gasteiger partial charge in [-0.25, -0.2) is 4.98 Å². The Morgan fingerprint density at radius 2 is 1.67 bits per heavy atom. The zero-order valence-corrected chi connectivity index (χ0v) is 17.3. The Morgan fingerprint density at radius 3 is 2.33 bits per heavy atom. The van der Waals surface area contributed by atoms with Crippen LogP contribution >= 0.6 is 0 Å². The predicted octanol–water partition coefficient (Wildman–Crippen LogP) is 5.71. The van der Waals surface area contributed by atoms with E-state index in [0.717, 1.165) is 33.6 Å². The number of aryl methyl sites for hydroxylation is 1. The second kappa shape index (κ2) is 5.69. The molecule has 4 nitrogen and oxygen atoms in total. The van der Waals surface area contributed by atoms with Crippen LogP contribution in [0.1, 0.15) is 52.9 Å². The van der Waals surface area contributed by atoms with E-state index in [1.54, 1.807) is 0 Å². The minimum atomic E-state index is -0.0237. The first-order valence-electron chi connectivity index (χ1n) is 9.52. The number of rotatable bonds is 1. The molecule has 4 rings (SSSR count). The number of aromatic amines is 1. The summed E-state index contributed by atoms with van der Waals surface area (Å²) >= 11 is 0. The van der Waals surface area contributed by atoms with Crippen molar-refractivity contribution < 1.29 is 0 Å². The molecule has 0 saturated carbocycles. The third kappa shape index (κ3) is 2.93. The fraction of sp³-hybridized carbons (Fsp3) is 0.391. The van der Waals surface area contributed by atoms with E-state index < -0.39 is 0 Å². The van der Waals surface area contributed by atoms with E-state index in [1.807, 2.05) is 11.7 Å². The molecule has 0 aliphatic rings. The standard InChI is InChI=1S/C23H28N4/c1-22(2,3)14-11-12-15-18(13-14)27(7)26-19(15)16-9-8-10-17-20(16)25-21(24-17)23(4,5)6/h8-13H,1-7H3,(H,24,25). The van der Waals surface area contributed by atoms with Gasteiger partial charge in [-0.3, -0.25) is 4.68 Å². The summed E-state index contributed by atoms with van der Waals surface area (Å²) < 4.78 is 1.98. The summed E-state index contributed by atoms with van der Waals surface area (Å²) in [7, 11) is 2.02. The molecule has 0 saturated heterocycles. The Kier molecular flexibility index (Phi) is 3.74. The first-order valence-corrected chi connectivity index (χ1v) is 9.52. The zero-order chi connectivity index (χ0) is 19.6. The highest BCUT2D eigenvalue weighted by Gasteiger charge is 2.22. The van der Waals surface area contributed by atoms with Gasteiger partial charge in [0.15, 0.2) is 0 Å². The molecule has 4 aromatic rings. The summed E-state index contributed by atoms with van der Waals surface area (Å²) in [4.78, 5) is 8.41. The Hall–Kier alpha value is -2.62. The minimum Gasteiger partial charge on any atom is -0.342 e. The molecular weight excluding hydrogens is 332 g/mol. The van der Waals surface area contributed by atoms with Crippen LogP contribution in [0.25, 0.3) is 33.2 Å². The number of fused-ring (bicyclic) bond motifs is 2. The van der Waals surface area contributed by atoms with Crippen LogP contribution in [-0.2, 0) is 17.9 Å². The fourth-order valence-corrected chi connectivity index (χ4v) is 3.50. The number of benzene rings is 2. The second-order valence-electron chi connectivity index (χ2n) is 9.49. The Morgan fingerprint density at radius 1 is 0.926 bits per heavy atom.